The van der Waals surface area contributed by atoms with E-state index in [2.05, 4.69) is 20.3 Å². The van der Waals surface area contributed by atoms with Crippen LogP contribution in [0.4, 0.5) is 0 Å². The van der Waals surface area contributed by atoms with Gasteiger partial charge < -0.3 is 9.72 Å². The second kappa shape index (κ2) is 8.99. The molecule has 10 nitrogen and oxygen atoms in total. The first kappa shape index (κ1) is 22.2. The summed E-state index contributed by atoms with van der Waals surface area (Å²) in [6.07, 6.45) is 1.39. The molecule has 0 spiro atoms. The van der Waals surface area contributed by atoms with Crippen molar-refractivity contribution in [3.8, 4) is 5.75 Å². The van der Waals surface area contributed by atoms with Crippen molar-refractivity contribution in [1.29, 1.82) is 0 Å². The maximum atomic E-state index is 13.1. The van der Waals surface area contributed by atoms with Crippen molar-refractivity contribution in [1.82, 2.24) is 29.3 Å². The zero-order valence-corrected chi connectivity index (χ0v) is 19.4. The topological polar surface area (TPSA) is 123 Å². The Balaban J connectivity index is 1.44. The SMILES string of the molecule is COc1ccc(Cn2nnc3c(=O)[nH]c(C4CCCN(S(=O)(=O)c5ccccc5)C4)nc32)cc1. The molecular weight excluding hydrogens is 456 g/mol. The third-order valence-electron chi connectivity index (χ3n) is 6.04. The van der Waals surface area contributed by atoms with Gasteiger partial charge in [-0.3, -0.25) is 4.79 Å². The van der Waals surface area contributed by atoms with Crippen LogP contribution in [0.2, 0.25) is 0 Å². The first-order valence-corrected chi connectivity index (χ1v) is 12.4. The monoisotopic (exact) mass is 480 g/mol. The number of sulfonamides is 1. The number of H-pyrrole nitrogens is 1. The lowest BCUT2D eigenvalue weighted by atomic mass is 9.99. The molecule has 0 amide bonds. The third-order valence-corrected chi connectivity index (χ3v) is 7.91. The molecule has 0 aliphatic carbocycles. The van der Waals surface area contributed by atoms with Gasteiger partial charge in [-0.05, 0) is 42.7 Å². The average molecular weight is 481 g/mol. The van der Waals surface area contributed by atoms with Gasteiger partial charge in [-0.15, -0.1) is 5.10 Å². The van der Waals surface area contributed by atoms with Crippen molar-refractivity contribution in [2.45, 2.75) is 30.2 Å². The highest BCUT2D eigenvalue weighted by atomic mass is 32.2. The minimum absolute atomic E-state index is 0.154. The smallest absolute Gasteiger partial charge is 0.281 e. The Morgan fingerprint density at radius 3 is 2.62 bits per heavy atom. The number of hydrogen-bond donors (Lipinski definition) is 1. The number of piperidine rings is 1. The number of nitrogens with one attached hydrogen (secondary N) is 1. The Morgan fingerprint density at radius 2 is 1.88 bits per heavy atom. The zero-order chi connectivity index (χ0) is 23.7. The average Bonchev–Trinajstić information content (AvgIpc) is 3.28. The van der Waals surface area contributed by atoms with Gasteiger partial charge in [0.25, 0.3) is 5.56 Å². The normalized spacial score (nSPS) is 17.1. The lowest BCUT2D eigenvalue weighted by Crippen LogP contribution is -2.39. The quantitative estimate of drug-likeness (QED) is 0.448. The molecule has 5 rings (SSSR count). The molecule has 11 heteroatoms. The number of methoxy groups -OCH3 is 1. The van der Waals surface area contributed by atoms with E-state index < -0.39 is 10.0 Å². The minimum Gasteiger partial charge on any atom is -0.497 e. The fraction of sp³-hybridized carbons (Fsp3) is 0.304. The molecule has 1 saturated heterocycles. The molecule has 0 saturated carbocycles. The Bertz CT molecular complexity index is 1470. The molecule has 3 heterocycles. The highest BCUT2D eigenvalue weighted by Crippen LogP contribution is 2.28. The van der Waals surface area contributed by atoms with E-state index in [4.69, 9.17) is 4.74 Å². The molecule has 2 aromatic heterocycles. The van der Waals surface area contributed by atoms with Crippen LogP contribution in [0.3, 0.4) is 0 Å². The predicted molar refractivity (Wildman–Crippen MR) is 125 cm³/mol. The van der Waals surface area contributed by atoms with E-state index in [0.717, 1.165) is 17.7 Å². The van der Waals surface area contributed by atoms with Crippen molar-refractivity contribution in [2.24, 2.45) is 0 Å². The number of hydrogen-bond acceptors (Lipinski definition) is 7. The third kappa shape index (κ3) is 4.19. The summed E-state index contributed by atoms with van der Waals surface area (Å²) >= 11 is 0. The van der Waals surface area contributed by atoms with Crippen LogP contribution in [0, 0.1) is 0 Å². The van der Waals surface area contributed by atoms with E-state index >= 15 is 0 Å². The molecule has 0 bridgehead atoms. The molecule has 2 aromatic carbocycles. The maximum absolute atomic E-state index is 13.1. The molecule has 34 heavy (non-hydrogen) atoms. The summed E-state index contributed by atoms with van der Waals surface area (Å²) in [4.78, 5) is 20.5. The van der Waals surface area contributed by atoms with Crippen LogP contribution >= 0.6 is 0 Å². The van der Waals surface area contributed by atoms with Crippen molar-refractivity contribution in [3.63, 3.8) is 0 Å². The van der Waals surface area contributed by atoms with Gasteiger partial charge in [-0.2, -0.15) is 4.31 Å². The Kier molecular flexibility index (Phi) is 5.88. The standard InChI is InChI=1S/C23H24N6O4S/c1-33-18-11-9-16(10-12-18)14-29-22-20(26-27-29)23(30)25-21(24-22)17-6-5-13-28(15-17)34(31,32)19-7-3-2-4-8-19/h2-4,7-12,17H,5-6,13-15H2,1H3,(H,24,25,30). The molecule has 1 aliphatic heterocycles. The summed E-state index contributed by atoms with van der Waals surface area (Å²) in [5, 5.41) is 8.12. The molecule has 0 radical (unpaired) electrons. The Hall–Kier alpha value is -3.57. The number of aromatic amines is 1. The summed E-state index contributed by atoms with van der Waals surface area (Å²) in [6, 6.07) is 15.9. The van der Waals surface area contributed by atoms with Crippen LogP contribution in [-0.2, 0) is 16.6 Å². The van der Waals surface area contributed by atoms with E-state index in [1.165, 1.54) is 4.31 Å². The van der Waals surface area contributed by atoms with Crippen LogP contribution in [0.25, 0.3) is 11.2 Å². The van der Waals surface area contributed by atoms with Crippen LogP contribution in [-0.4, -0.2) is 57.9 Å². The van der Waals surface area contributed by atoms with Crippen LogP contribution in [0.1, 0.15) is 30.1 Å². The van der Waals surface area contributed by atoms with Gasteiger partial charge in [-0.25, -0.2) is 18.1 Å². The Morgan fingerprint density at radius 1 is 1.12 bits per heavy atom. The van der Waals surface area contributed by atoms with Gasteiger partial charge in [0, 0.05) is 19.0 Å². The van der Waals surface area contributed by atoms with E-state index in [9.17, 15) is 13.2 Å². The summed E-state index contributed by atoms with van der Waals surface area (Å²) < 4.78 is 34.5. The molecule has 4 aromatic rings. The second-order valence-corrected chi connectivity index (χ2v) is 10.2. The minimum atomic E-state index is -3.63. The number of aromatic nitrogens is 5. The first-order valence-electron chi connectivity index (χ1n) is 11.0. The van der Waals surface area contributed by atoms with Crippen LogP contribution in [0.15, 0.2) is 64.3 Å². The van der Waals surface area contributed by atoms with Gasteiger partial charge >= 0.3 is 0 Å². The molecule has 1 N–H and O–H groups in total. The van der Waals surface area contributed by atoms with Gasteiger partial charge in [0.15, 0.2) is 11.2 Å². The van der Waals surface area contributed by atoms with Gasteiger partial charge in [-0.1, -0.05) is 35.5 Å². The van der Waals surface area contributed by atoms with Gasteiger partial charge in [0.05, 0.1) is 18.6 Å². The van der Waals surface area contributed by atoms with Crippen molar-refractivity contribution in [3.05, 3.63) is 76.3 Å². The van der Waals surface area contributed by atoms with Gasteiger partial charge in [0.1, 0.15) is 11.6 Å². The van der Waals surface area contributed by atoms with E-state index in [1.54, 1.807) is 42.1 Å². The summed E-state index contributed by atoms with van der Waals surface area (Å²) in [6.45, 7) is 1.05. The summed E-state index contributed by atoms with van der Waals surface area (Å²) in [5.74, 6) is 0.953. The van der Waals surface area contributed by atoms with Crippen LogP contribution in [0.5, 0.6) is 5.75 Å². The molecular formula is C23H24N6O4S. The number of benzene rings is 2. The van der Waals surface area contributed by atoms with Gasteiger partial charge in [0.2, 0.25) is 10.0 Å². The van der Waals surface area contributed by atoms with Crippen molar-refractivity contribution >= 4 is 21.2 Å². The van der Waals surface area contributed by atoms with E-state index in [1.807, 2.05) is 24.3 Å². The highest BCUT2D eigenvalue weighted by Gasteiger charge is 2.32. The zero-order valence-electron chi connectivity index (χ0n) is 18.6. The number of ether oxygens (including phenoxy) is 1. The second-order valence-electron chi connectivity index (χ2n) is 8.23. The molecule has 176 valence electrons. The summed E-state index contributed by atoms with van der Waals surface area (Å²) in [5.41, 5.74) is 1.09. The highest BCUT2D eigenvalue weighted by molar-refractivity contribution is 7.89. The fourth-order valence-electron chi connectivity index (χ4n) is 4.21. The Labute approximate surface area is 196 Å². The van der Waals surface area contributed by atoms with Crippen LogP contribution < -0.4 is 10.3 Å². The number of fused-ring (bicyclic) bond motifs is 1. The number of rotatable bonds is 6. The number of nitrogens with zero attached hydrogens (tertiary/aromatic N) is 5. The molecule has 1 fully saturated rings. The lowest BCUT2D eigenvalue weighted by Gasteiger charge is -2.31. The summed E-state index contributed by atoms with van der Waals surface area (Å²) in [7, 11) is -2.02. The largest absolute Gasteiger partial charge is 0.497 e. The lowest BCUT2D eigenvalue weighted by molar-refractivity contribution is 0.309. The molecule has 1 unspecified atom stereocenters. The molecule has 1 aliphatic rings. The fourth-order valence-corrected chi connectivity index (χ4v) is 5.76. The molecule has 1 atom stereocenters. The van der Waals surface area contributed by atoms with Crippen molar-refractivity contribution < 1.29 is 13.2 Å². The maximum Gasteiger partial charge on any atom is 0.281 e. The first-order chi connectivity index (χ1) is 16.5. The van der Waals surface area contributed by atoms with E-state index in [0.29, 0.717) is 31.0 Å². The van der Waals surface area contributed by atoms with E-state index in [-0.39, 0.29) is 28.4 Å². The van der Waals surface area contributed by atoms with Crippen molar-refractivity contribution in [2.75, 3.05) is 20.2 Å². The predicted octanol–water partition coefficient (Wildman–Crippen LogP) is 2.14.